The molecule has 0 aliphatic heterocycles. The molecule has 0 atom stereocenters. The lowest BCUT2D eigenvalue weighted by molar-refractivity contribution is 0.601. The van der Waals surface area contributed by atoms with Crippen LogP contribution < -0.4 is 4.72 Å². The van der Waals surface area contributed by atoms with Gasteiger partial charge < -0.3 is 0 Å². The Morgan fingerprint density at radius 1 is 1.19 bits per heavy atom. The molecule has 0 aliphatic rings. The van der Waals surface area contributed by atoms with E-state index < -0.39 is 10.0 Å². The molecule has 1 N–H and O–H groups in total. The number of fused-ring (bicyclic) bond motifs is 1. The van der Waals surface area contributed by atoms with Crippen molar-refractivity contribution in [1.29, 1.82) is 0 Å². The molecule has 108 valence electrons. The molecule has 0 unspecified atom stereocenters. The van der Waals surface area contributed by atoms with E-state index in [9.17, 15) is 8.42 Å². The fraction of sp³-hybridized carbons (Fsp3) is 0.0769. The molecular weight excluding hydrogens is 312 g/mol. The monoisotopic (exact) mass is 322 g/mol. The lowest BCUT2D eigenvalue weighted by Gasteiger charge is -2.07. The summed E-state index contributed by atoms with van der Waals surface area (Å²) in [5.74, 6) is 0.116. The zero-order valence-corrected chi connectivity index (χ0v) is 12.6. The van der Waals surface area contributed by atoms with Crippen molar-refractivity contribution in [2.24, 2.45) is 0 Å². The number of pyridine rings is 1. The van der Waals surface area contributed by atoms with Gasteiger partial charge in [-0.1, -0.05) is 23.7 Å². The van der Waals surface area contributed by atoms with Gasteiger partial charge in [-0.2, -0.15) is 0 Å². The topological polar surface area (TPSA) is 76.4 Å². The van der Waals surface area contributed by atoms with E-state index >= 15 is 0 Å². The highest BCUT2D eigenvalue weighted by Gasteiger charge is 2.20. The SMILES string of the molecule is Cc1ccn2c(NS(=O)(=O)c3ccccc3Cl)nnc2c1. The van der Waals surface area contributed by atoms with Gasteiger partial charge in [0.15, 0.2) is 5.65 Å². The van der Waals surface area contributed by atoms with Gasteiger partial charge in [0.25, 0.3) is 10.0 Å². The molecule has 0 saturated heterocycles. The van der Waals surface area contributed by atoms with Crippen LogP contribution in [0.2, 0.25) is 5.02 Å². The maximum absolute atomic E-state index is 12.4. The van der Waals surface area contributed by atoms with Crippen molar-refractivity contribution in [2.45, 2.75) is 11.8 Å². The molecule has 0 saturated carbocycles. The zero-order valence-electron chi connectivity index (χ0n) is 11.0. The third kappa shape index (κ3) is 2.57. The van der Waals surface area contributed by atoms with E-state index in [1.807, 2.05) is 13.0 Å². The highest BCUT2D eigenvalue weighted by molar-refractivity contribution is 7.92. The Kier molecular flexibility index (Phi) is 3.30. The Bertz CT molecular complexity index is 921. The average molecular weight is 323 g/mol. The van der Waals surface area contributed by atoms with E-state index in [0.717, 1.165) is 5.56 Å². The van der Waals surface area contributed by atoms with Crippen molar-refractivity contribution < 1.29 is 8.42 Å². The second-order valence-electron chi connectivity index (χ2n) is 4.49. The summed E-state index contributed by atoms with van der Waals surface area (Å²) < 4.78 is 28.7. The number of benzene rings is 1. The lowest BCUT2D eigenvalue weighted by Crippen LogP contribution is -2.15. The maximum Gasteiger partial charge on any atom is 0.265 e. The van der Waals surface area contributed by atoms with E-state index in [1.165, 1.54) is 12.1 Å². The molecule has 0 radical (unpaired) electrons. The second-order valence-corrected chi connectivity index (χ2v) is 6.55. The van der Waals surface area contributed by atoms with Gasteiger partial charge in [0, 0.05) is 6.20 Å². The van der Waals surface area contributed by atoms with Crippen LogP contribution in [-0.4, -0.2) is 23.0 Å². The number of anilines is 1. The molecule has 2 heterocycles. The number of hydrogen-bond acceptors (Lipinski definition) is 4. The Labute approximate surface area is 126 Å². The summed E-state index contributed by atoms with van der Waals surface area (Å²) in [5, 5.41) is 7.94. The molecule has 0 amide bonds. The van der Waals surface area contributed by atoms with Gasteiger partial charge in [0.05, 0.1) is 5.02 Å². The van der Waals surface area contributed by atoms with Crippen LogP contribution in [0.3, 0.4) is 0 Å². The van der Waals surface area contributed by atoms with E-state index in [2.05, 4.69) is 14.9 Å². The Hall–Kier alpha value is -2.12. The minimum atomic E-state index is -3.82. The first-order valence-corrected chi connectivity index (χ1v) is 7.92. The summed E-state index contributed by atoms with van der Waals surface area (Å²) in [4.78, 5) is -0.00414. The molecule has 1 aromatic carbocycles. The van der Waals surface area contributed by atoms with Crippen LogP contribution in [0.15, 0.2) is 47.5 Å². The van der Waals surface area contributed by atoms with E-state index in [-0.39, 0.29) is 15.9 Å². The number of sulfonamides is 1. The summed E-state index contributed by atoms with van der Waals surface area (Å²) in [6, 6.07) is 9.85. The van der Waals surface area contributed by atoms with Crippen LogP contribution in [0.5, 0.6) is 0 Å². The Morgan fingerprint density at radius 3 is 2.71 bits per heavy atom. The van der Waals surface area contributed by atoms with Gasteiger partial charge in [-0.25, -0.2) is 13.1 Å². The van der Waals surface area contributed by atoms with Gasteiger partial charge >= 0.3 is 0 Å². The largest absolute Gasteiger partial charge is 0.268 e. The van der Waals surface area contributed by atoms with Crippen LogP contribution >= 0.6 is 11.6 Å². The van der Waals surface area contributed by atoms with Crippen LogP contribution in [0, 0.1) is 6.92 Å². The lowest BCUT2D eigenvalue weighted by atomic mass is 10.3. The molecule has 0 spiro atoms. The fourth-order valence-corrected chi connectivity index (χ4v) is 3.41. The van der Waals surface area contributed by atoms with Gasteiger partial charge in [-0.3, -0.25) is 4.40 Å². The summed E-state index contributed by atoms with van der Waals surface area (Å²) in [5.41, 5.74) is 1.57. The summed E-state index contributed by atoms with van der Waals surface area (Å²) in [6.07, 6.45) is 1.70. The molecule has 3 rings (SSSR count). The van der Waals surface area contributed by atoms with Crippen LogP contribution in [0.25, 0.3) is 5.65 Å². The number of aryl methyl sites for hydroxylation is 1. The number of nitrogens with zero attached hydrogens (tertiary/aromatic N) is 3. The molecule has 0 aliphatic carbocycles. The third-order valence-electron chi connectivity index (χ3n) is 2.92. The average Bonchev–Trinajstić information content (AvgIpc) is 2.80. The molecule has 21 heavy (non-hydrogen) atoms. The first kappa shape index (κ1) is 13.8. The number of aromatic nitrogens is 3. The molecule has 8 heteroatoms. The van der Waals surface area contributed by atoms with Crippen molar-refractivity contribution in [2.75, 3.05) is 4.72 Å². The minimum Gasteiger partial charge on any atom is -0.268 e. The fourth-order valence-electron chi connectivity index (χ4n) is 1.90. The number of halogens is 1. The molecule has 0 bridgehead atoms. The zero-order chi connectivity index (χ0) is 15.0. The number of rotatable bonds is 3. The molecule has 3 aromatic rings. The highest BCUT2D eigenvalue weighted by atomic mass is 35.5. The quantitative estimate of drug-likeness (QED) is 0.803. The first-order valence-electron chi connectivity index (χ1n) is 6.06. The van der Waals surface area contributed by atoms with Gasteiger partial charge in [0.1, 0.15) is 4.90 Å². The molecular formula is C13H11ClN4O2S. The van der Waals surface area contributed by atoms with Crippen molar-refractivity contribution in [1.82, 2.24) is 14.6 Å². The molecule has 0 fully saturated rings. The number of nitrogens with one attached hydrogen (secondary N) is 1. The minimum absolute atomic E-state index is 0.00414. The Morgan fingerprint density at radius 2 is 1.95 bits per heavy atom. The van der Waals surface area contributed by atoms with E-state index in [0.29, 0.717) is 5.65 Å². The van der Waals surface area contributed by atoms with Crippen LogP contribution in [0.1, 0.15) is 5.56 Å². The van der Waals surface area contributed by atoms with Crippen LogP contribution in [0.4, 0.5) is 5.95 Å². The van der Waals surface area contributed by atoms with E-state index in [1.54, 1.807) is 28.8 Å². The summed E-state index contributed by atoms with van der Waals surface area (Å²) >= 11 is 5.93. The summed E-state index contributed by atoms with van der Waals surface area (Å²) in [7, 11) is -3.82. The van der Waals surface area contributed by atoms with Gasteiger partial charge in [-0.15, -0.1) is 10.2 Å². The number of hydrogen-bond donors (Lipinski definition) is 1. The Balaban J connectivity index is 2.04. The summed E-state index contributed by atoms with van der Waals surface area (Å²) in [6.45, 7) is 1.92. The van der Waals surface area contributed by atoms with Crippen molar-refractivity contribution >= 4 is 33.2 Å². The third-order valence-corrected chi connectivity index (χ3v) is 4.75. The smallest absolute Gasteiger partial charge is 0.265 e. The van der Waals surface area contributed by atoms with Gasteiger partial charge in [-0.05, 0) is 36.8 Å². The van der Waals surface area contributed by atoms with Crippen molar-refractivity contribution in [3.8, 4) is 0 Å². The van der Waals surface area contributed by atoms with Crippen molar-refractivity contribution in [3.05, 3.63) is 53.2 Å². The standard InChI is InChI=1S/C13H11ClN4O2S/c1-9-6-7-18-12(8-9)15-16-13(18)17-21(19,20)11-5-3-2-4-10(11)14/h2-8H,1H3,(H,16,17). The highest BCUT2D eigenvalue weighted by Crippen LogP contribution is 2.23. The first-order chi connectivity index (χ1) is 9.97. The normalized spacial score (nSPS) is 11.7. The molecule has 6 nitrogen and oxygen atoms in total. The predicted molar refractivity (Wildman–Crippen MR) is 80.0 cm³/mol. The van der Waals surface area contributed by atoms with E-state index in [4.69, 9.17) is 11.6 Å². The van der Waals surface area contributed by atoms with Crippen molar-refractivity contribution in [3.63, 3.8) is 0 Å². The second kappa shape index (κ2) is 5.01. The van der Waals surface area contributed by atoms with Crippen LogP contribution in [-0.2, 0) is 10.0 Å². The maximum atomic E-state index is 12.4. The van der Waals surface area contributed by atoms with Gasteiger partial charge in [0.2, 0.25) is 5.95 Å². The molecule has 2 aromatic heterocycles. The predicted octanol–water partition coefficient (Wildman–Crippen LogP) is 2.49.